The van der Waals surface area contributed by atoms with Crippen LogP contribution in [-0.2, 0) is 14.3 Å². The van der Waals surface area contributed by atoms with Crippen LogP contribution in [0.3, 0.4) is 0 Å². The van der Waals surface area contributed by atoms with Gasteiger partial charge in [-0.2, -0.15) is 0 Å². The number of aliphatic carboxylic acids is 1. The molecule has 0 heterocycles. The summed E-state index contributed by atoms with van der Waals surface area (Å²) in [5, 5.41) is 13.8. The van der Waals surface area contributed by atoms with Crippen LogP contribution in [0.2, 0.25) is 0 Å². The van der Waals surface area contributed by atoms with Gasteiger partial charge in [-0.15, -0.1) is 0 Å². The summed E-state index contributed by atoms with van der Waals surface area (Å²) in [5.74, 6) is -1.39. The van der Waals surface area contributed by atoms with Crippen molar-refractivity contribution in [3.63, 3.8) is 0 Å². The van der Waals surface area contributed by atoms with Crippen LogP contribution < -0.4 is 10.6 Å². The van der Waals surface area contributed by atoms with Crippen molar-refractivity contribution in [3.05, 3.63) is 0 Å². The molecule has 1 amide bonds. The zero-order valence-corrected chi connectivity index (χ0v) is 8.37. The number of carbonyl (C=O) groups is 2. The normalized spacial score (nSPS) is 12.1. The van der Waals surface area contributed by atoms with Crippen molar-refractivity contribution in [2.45, 2.75) is 12.5 Å². The zero-order valence-electron chi connectivity index (χ0n) is 8.37. The largest absolute Gasteiger partial charge is 0.480 e. The lowest BCUT2D eigenvalue weighted by molar-refractivity contribution is -0.143. The van der Waals surface area contributed by atoms with E-state index in [1.54, 1.807) is 7.05 Å². The van der Waals surface area contributed by atoms with Crippen LogP contribution in [0, 0.1) is 0 Å². The maximum absolute atomic E-state index is 11.1. The standard InChI is InChI=1S/C8H16N2O4/c1-9-4-3-7(11)10-6(5-14-2)8(12)13/h6,9H,3-5H2,1-2H3,(H,10,11)(H,12,13). The van der Waals surface area contributed by atoms with E-state index in [1.165, 1.54) is 7.11 Å². The summed E-state index contributed by atoms with van der Waals surface area (Å²) in [6.45, 7) is 0.492. The molecule has 6 nitrogen and oxygen atoms in total. The Kier molecular flexibility index (Phi) is 6.69. The van der Waals surface area contributed by atoms with E-state index in [2.05, 4.69) is 15.4 Å². The number of hydrogen-bond donors (Lipinski definition) is 3. The van der Waals surface area contributed by atoms with E-state index in [9.17, 15) is 9.59 Å². The minimum atomic E-state index is -1.09. The summed E-state index contributed by atoms with van der Waals surface area (Å²) in [7, 11) is 3.10. The minimum absolute atomic E-state index is 0.0272. The summed E-state index contributed by atoms with van der Waals surface area (Å²) in [5.41, 5.74) is 0. The SMILES string of the molecule is CNCCC(=O)NC(COC)C(=O)O. The molecule has 0 aliphatic carbocycles. The molecular formula is C8H16N2O4. The molecule has 0 aromatic carbocycles. The van der Waals surface area contributed by atoms with Gasteiger partial charge in [-0.1, -0.05) is 0 Å². The van der Waals surface area contributed by atoms with Gasteiger partial charge in [0.25, 0.3) is 0 Å². The molecule has 0 aliphatic rings. The van der Waals surface area contributed by atoms with Crippen LogP contribution in [0.4, 0.5) is 0 Å². The van der Waals surface area contributed by atoms with Crippen LogP contribution in [-0.4, -0.2) is 50.3 Å². The van der Waals surface area contributed by atoms with Gasteiger partial charge in [0.2, 0.25) is 5.91 Å². The molecule has 0 aliphatic heterocycles. The van der Waals surface area contributed by atoms with Crippen molar-refractivity contribution in [1.82, 2.24) is 10.6 Å². The first kappa shape index (κ1) is 12.9. The molecule has 82 valence electrons. The number of carbonyl (C=O) groups excluding carboxylic acids is 1. The first-order valence-corrected chi connectivity index (χ1v) is 4.27. The molecule has 0 fully saturated rings. The number of methoxy groups -OCH3 is 1. The third kappa shape index (κ3) is 5.50. The molecule has 1 unspecified atom stereocenters. The molecule has 1 atom stereocenters. The zero-order chi connectivity index (χ0) is 11.0. The van der Waals surface area contributed by atoms with Crippen molar-refractivity contribution in [2.75, 3.05) is 27.3 Å². The Morgan fingerprint density at radius 2 is 2.14 bits per heavy atom. The number of ether oxygens (including phenoxy) is 1. The fourth-order valence-corrected chi connectivity index (χ4v) is 0.846. The Bertz CT molecular complexity index is 196. The smallest absolute Gasteiger partial charge is 0.328 e. The van der Waals surface area contributed by atoms with E-state index >= 15 is 0 Å². The van der Waals surface area contributed by atoms with Crippen molar-refractivity contribution < 1.29 is 19.4 Å². The molecule has 0 bridgehead atoms. The second-order valence-corrected chi connectivity index (χ2v) is 2.77. The first-order valence-electron chi connectivity index (χ1n) is 4.27. The Balaban J connectivity index is 3.90. The van der Waals surface area contributed by atoms with Gasteiger partial charge in [0.1, 0.15) is 0 Å². The van der Waals surface area contributed by atoms with Crippen LogP contribution in [0.25, 0.3) is 0 Å². The van der Waals surface area contributed by atoms with Crippen molar-refractivity contribution in [1.29, 1.82) is 0 Å². The maximum Gasteiger partial charge on any atom is 0.328 e. The summed E-state index contributed by atoms with van der Waals surface area (Å²) >= 11 is 0. The van der Waals surface area contributed by atoms with Gasteiger partial charge in [-0.25, -0.2) is 4.79 Å². The molecule has 6 heteroatoms. The Morgan fingerprint density at radius 3 is 2.57 bits per heavy atom. The highest BCUT2D eigenvalue weighted by molar-refractivity contribution is 5.83. The molecule has 0 radical (unpaired) electrons. The molecule has 0 rings (SSSR count). The third-order valence-corrected chi connectivity index (χ3v) is 1.57. The lowest BCUT2D eigenvalue weighted by atomic mass is 10.3. The van der Waals surface area contributed by atoms with E-state index < -0.39 is 12.0 Å². The van der Waals surface area contributed by atoms with Gasteiger partial charge >= 0.3 is 5.97 Å². The summed E-state index contributed by atoms with van der Waals surface area (Å²) in [6.07, 6.45) is 0.254. The predicted octanol–water partition coefficient (Wildman–Crippen LogP) is -1.19. The number of carboxylic acid groups (broad SMARTS) is 1. The van der Waals surface area contributed by atoms with E-state index in [0.717, 1.165) is 0 Å². The second-order valence-electron chi connectivity index (χ2n) is 2.77. The highest BCUT2D eigenvalue weighted by atomic mass is 16.5. The molecule has 0 saturated carbocycles. The van der Waals surface area contributed by atoms with E-state index in [0.29, 0.717) is 6.54 Å². The average Bonchev–Trinajstić information content (AvgIpc) is 2.14. The third-order valence-electron chi connectivity index (χ3n) is 1.57. The molecule has 0 aromatic heterocycles. The van der Waals surface area contributed by atoms with Gasteiger partial charge in [0.05, 0.1) is 6.61 Å². The fourth-order valence-electron chi connectivity index (χ4n) is 0.846. The molecular weight excluding hydrogens is 188 g/mol. The Hall–Kier alpha value is -1.14. The quantitative estimate of drug-likeness (QED) is 0.485. The van der Waals surface area contributed by atoms with Crippen LogP contribution in [0.1, 0.15) is 6.42 Å². The summed E-state index contributed by atoms with van der Waals surface area (Å²) < 4.78 is 4.66. The maximum atomic E-state index is 11.1. The highest BCUT2D eigenvalue weighted by Gasteiger charge is 2.18. The Morgan fingerprint density at radius 1 is 1.50 bits per heavy atom. The monoisotopic (exact) mass is 204 g/mol. The molecule has 0 spiro atoms. The summed E-state index contributed by atoms with van der Waals surface area (Å²) in [4.78, 5) is 21.7. The molecule has 14 heavy (non-hydrogen) atoms. The number of rotatable bonds is 7. The first-order chi connectivity index (χ1) is 6.61. The topological polar surface area (TPSA) is 87.7 Å². The fraction of sp³-hybridized carbons (Fsp3) is 0.750. The lowest BCUT2D eigenvalue weighted by Crippen LogP contribution is -2.44. The summed E-state index contributed by atoms with van der Waals surface area (Å²) in [6, 6.07) is -0.968. The highest BCUT2D eigenvalue weighted by Crippen LogP contribution is 1.87. The number of hydrogen-bond acceptors (Lipinski definition) is 4. The Labute approximate surface area is 82.6 Å². The van der Waals surface area contributed by atoms with Gasteiger partial charge in [0.15, 0.2) is 6.04 Å². The molecule has 0 aromatic rings. The van der Waals surface area contributed by atoms with Gasteiger partial charge in [0, 0.05) is 20.1 Å². The van der Waals surface area contributed by atoms with Gasteiger partial charge in [-0.05, 0) is 7.05 Å². The van der Waals surface area contributed by atoms with Crippen LogP contribution in [0.15, 0.2) is 0 Å². The van der Waals surface area contributed by atoms with E-state index in [1.807, 2.05) is 0 Å². The van der Waals surface area contributed by atoms with E-state index in [-0.39, 0.29) is 18.9 Å². The predicted molar refractivity (Wildman–Crippen MR) is 50.0 cm³/mol. The van der Waals surface area contributed by atoms with E-state index in [4.69, 9.17) is 5.11 Å². The lowest BCUT2D eigenvalue weighted by Gasteiger charge is -2.13. The number of nitrogens with one attached hydrogen (secondary N) is 2. The van der Waals surface area contributed by atoms with Crippen molar-refractivity contribution >= 4 is 11.9 Å². The number of amides is 1. The minimum Gasteiger partial charge on any atom is -0.480 e. The molecule has 0 saturated heterocycles. The van der Waals surface area contributed by atoms with Crippen LogP contribution in [0.5, 0.6) is 0 Å². The molecule has 3 N–H and O–H groups in total. The van der Waals surface area contributed by atoms with Gasteiger partial charge in [-0.3, -0.25) is 4.79 Å². The van der Waals surface area contributed by atoms with Gasteiger partial charge < -0.3 is 20.5 Å². The average molecular weight is 204 g/mol. The number of carboxylic acids is 1. The second kappa shape index (κ2) is 7.28. The van der Waals surface area contributed by atoms with Crippen LogP contribution >= 0.6 is 0 Å². The van der Waals surface area contributed by atoms with Crippen molar-refractivity contribution in [2.24, 2.45) is 0 Å². The van der Waals surface area contributed by atoms with Crippen molar-refractivity contribution in [3.8, 4) is 0 Å².